The summed E-state index contributed by atoms with van der Waals surface area (Å²) in [6, 6.07) is 12.4. The fraction of sp³-hybridized carbons (Fsp3) is 0.208. The summed E-state index contributed by atoms with van der Waals surface area (Å²) in [5, 5.41) is 7.88. The minimum atomic E-state index is -4.50. The van der Waals surface area contributed by atoms with Gasteiger partial charge in [0, 0.05) is 23.6 Å². The second-order valence-electron chi connectivity index (χ2n) is 7.70. The minimum absolute atomic E-state index is 0.0806. The molecule has 9 heteroatoms. The molecule has 4 rings (SSSR count). The number of Topliss-reactive ketones (excluding diaryl/α,β-unsaturated/α-hetero) is 1. The summed E-state index contributed by atoms with van der Waals surface area (Å²) in [4.78, 5) is 28.5. The number of aromatic nitrogens is 3. The van der Waals surface area contributed by atoms with E-state index >= 15 is 0 Å². The number of alkyl halides is 3. The standard InChI is InChI=1S/C24H21F3N4O2/c1-14-21(15(2)31(30-14)18-7-5-6-17(12-18)24(25,26)27)22(32)23(33)28-11-10-16-13-29-20-9-4-3-8-19(16)20/h3-9,12-13,29H,10-11H2,1-2H3,(H,28,33). The second kappa shape index (κ2) is 8.57. The Morgan fingerprint density at radius 2 is 1.85 bits per heavy atom. The van der Waals surface area contributed by atoms with Crippen LogP contribution in [0.5, 0.6) is 0 Å². The first kappa shape index (κ1) is 22.3. The number of fused-ring (bicyclic) bond motifs is 1. The van der Waals surface area contributed by atoms with Crippen molar-refractivity contribution in [2.75, 3.05) is 6.54 Å². The van der Waals surface area contributed by atoms with Gasteiger partial charge in [0.2, 0.25) is 0 Å². The molecule has 2 heterocycles. The van der Waals surface area contributed by atoms with Crippen LogP contribution in [0.2, 0.25) is 0 Å². The van der Waals surface area contributed by atoms with Gasteiger partial charge in [0.05, 0.1) is 28.2 Å². The molecule has 0 aliphatic rings. The molecule has 0 radical (unpaired) electrons. The van der Waals surface area contributed by atoms with Crippen molar-refractivity contribution in [3.8, 4) is 5.69 Å². The number of aromatic amines is 1. The number of carbonyl (C=O) groups excluding carboxylic acids is 2. The summed E-state index contributed by atoms with van der Waals surface area (Å²) in [7, 11) is 0. The van der Waals surface area contributed by atoms with Gasteiger partial charge < -0.3 is 10.3 Å². The van der Waals surface area contributed by atoms with Gasteiger partial charge in [-0.1, -0.05) is 24.3 Å². The maximum absolute atomic E-state index is 13.1. The summed E-state index contributed by atoms with van der Waals surface area (Å²) in [6.07, 6.45) is -2.11. The molecule has 33 heavy (non-hydrogen) atoms. The number of rotatable bonds is 6. The molecule has 0 fully saturated rings. The Labute approximate surface area is 187 Å². The molecule has 6 nitrogen and oxygen atoms in total. The van der Waals surface area contributed by atoms with Crippen LogP contribution in [0.15, 0.2) is 54.7 Å². The van der Waals surface area contributed by atoms with Gasteiger partial charge in [-0.05, 0) is 50.1 Å². The van der Waals surface area contributed by atoms with E-state index in [-0.39, 0.29) is 23.5 Å². The predicted octanol–water partition coefficient (Wildman–Crippen LogP) is 4.53. The third-order valence-corrected chi connectivity index (χ3v) is 5.50. The Morgan fingerprint density at radius 3 is 2.61 bits per heavy atom. The second-order valence-corrected chi connectivity index (χ2v) is 7.70. The summed E-state index contributed by atoms with van der Waals surface area (Å²) in [5.74, 6) is -1.56. The number of hydrogen-bond acceptors (Lipinski definition) is 3. The summed E-state index contributed by atoms with van der Waals surface area (Å²) >= 11 is 0. The highest BCUT2D eigenvalue weighted by Crippen LogP contribution is 2.31. The van der Waals surface area contributed by atoms with E-state index in [0.717, 1.165) is 28.6 Å². The summed E-state index contributed by atoms with van der Waals surface area (Å²) in [5.41, 5.74) is 1.98. The molecule has 4 aromatic rings. The van der Waals surface area contributed by atoms with Gasteiger partial charge in [0.25, 0.3) is 11.7 Å². The molecule has 2 aromatic carbocycles. The van der Waals surface area contributed by atoms with E-state index < -0.39 is 23.4 Å². The van der Waals surface area contributed by atoms with Crippen molar-refractivity contribution < 1.29 is 22.8 Å². The molecule has 0 saturated heterocycles. The van der Waals surface area contributed by atoms with Crippen LogP contribution in [0.25, 0.3) is 16.6 Å². The van der Waals surface area contributed by atoms with Gasteiger partial charge in [0.1, 0.15) is 0 Å². The van der Waals surface area contributed by atoms with E-state index in [1.165, 1.54) is 16.8 Å². The number of halogens is 3. The van der Waals surface area contributed by atoms with E-state index in [0.29, 0.717) is 12.1 Å². The van der Waals surface area contributed by atoms with E-state index in [9.17, 15) is 22.8 Å². The van der Waals surface area contributed by atoms with Crippen LogP contribution in [0.3, 0.4) is 0 Å². The average Bonchev–Trinajstić information content (AvgIpc) is 3.33. The molecule has 0 bridgehead atoms. The van der Waals surface area contributed by atoms with Crippen molar-refractivity contribution in [2.45, 2.75) is 26.4 Å². The zero-order valence-corrected chi connectivity index (χ0v) is 18.0. The molecule has 0 aliphatic carbocycles. The van der Waals surface area contributed by atoms with Crippen LogP contribution in [0.4, 0.5) is 13.2 Å². The number of H-pyrrole nitrogens is 1. The van der Waals surface area contributed by atoms with Gasteiger partial charge in [-0.25, -0.2) is 4.68 Å². The van der Waals surface area contributed by atoms with Crippen molar-refractivity contribution in [3.63, 3.8) is 0 Å². The highest BCUT2D eigenvalue weighted by molar-refractivity contribution is 6.43. The van der Waals surface area contributed by atoms with E-state index in [1.807, 2.05) is 30.5 Å². The van der Waals surface area contributed by atoms with Crippen molar-refractivity contribution in [1.82, 2.24) is 20.1 Å². The number of aryl methyl sites for hydroxylation is 1. The van der Waals surface area contributed by atoms with Crippen molar-refractivity contribution in [1.29, 1.82) is 0 Å². The number of para-hydroxylation sites is 1. The SMILES string of the molecule is Cc1nn(-c2cccc(C(F)(F)F)c2)c(C)c1C(=O)C(=O)NCCc1c[nH]c2ccccc12. The summed E-state index contributed by atoms with van der Waals surface area (Å²) in [6.45, 7) is 3.35. The molecular formula is C24H21F3N4O2. The Morgan fingerprint density at radius 1 is 1.09 bits per heavy atom. The lowest BCUT2D eigenvalue weighted by atomic mass is 10.1. The number of ketones is 1. The fourth-order valence-corrected chi connectivity index (χ4v) is 3.88. The maximum atomic E-state index is 13.1. The van der Waals surface area contributed by atoms with Gasteiger partial charge >= 0.3 is 6.18 Å². The van der Waals surface area contributed by atoms with Crippen LogP contribution in [-0.2, 0) is 17.4 Å². The Bertz CT molecular complexity index is 1350. The van der Waals surface area contributed by atoms with Crippen LogP contribution in [-0.4, -0.2) is 33.0 Å². The van der Waals surface area contributed by atoms with Crippen molar-refractivity contribution in [2.24, 2.45) is 0 Å². The molecule has 0 aliphatic heterocycles. The third kappa shape index (κ3) is 4.39. The van der Waals surface area contributed by atoms with Crippen molar-refractivity contribution >= 4 is 22.6 Å². The minimum Gasteiger partial charge on any atom is -0.361 e. The lowest BCUT2D eigenvalue weighted by Crippen LogP contribution is -2.33. The zero-order chi connectivity index (χ0) is 23.8. The number of nitrogens with zero attached hydrogens (tertiary/aromatic N) is 2. The van der Waals surface area contributed by atoms with Gasteiger partial charge in [-0.2, -0.15) is 18.3 Å². The Hall–Kier alpha value is -3.88. The fourth-order valence-electron chi connectivity index (χ4n) is 3.88. The highest BCUT2D eigenvalue weighted by Gasteiger charge is 2.31. The highest BCUT2D eigenvalue weighted by atomic mass is 19.4. The average molecular weight is 454 g/mol. The van der Waals surface area contributed by atoms with Crippen molar-refractivity contribution in [3.05, 3.63) is 82.8 Å². The molecule has 0 atom stereocenters. The number of hydrogen-bond donors (Lipinski definition) is 2. The first-order valence-electron chi connectivity index (χ1n) is 10.3. The number of benzene rings is 2. The van der Waals surface area contributed by atoms with E-state index in [2.05, 4.69) is 15.4 Å². The van der Waals surface area contributed by atoms with Crippen LogP contribution in [0, 0.1) is 13.8 Å². The van der Waals surface area contributed by atoms with Crippen LogP contribution in [0.1, 0.15) is 32.9 Å². The largest absolute Gasteiger partial charge is 0.416 e. The lowest BCUT2D eigenvalue weighted by molar-refractivity contribution is -0.137. The molecule has 170 valence electrons. The molecule has 0 saturated carbocycles. The van der Waals surface area contributed by atoms with E-state index in [1.54, 1.807) is 13.8 Å². The zero-order valence-electron chi connectivity index (χ0n) is 18.0. The Balaban J connectivity index is 1.49. The van der Waals surface area contributed by atoms with Gasteiger partial charge in [0.15, 0.2) is 0 Å². The molecule has 0 spiro atoms. The van der Waals surface area contributed by atoms with Crippen LogP contribution < -0.4 is 5.32 Å². The predicted molar refractivity (Wildman–Crippen MR) is 117 cm³/mol. The van der Waals surface area contributed by atoms with Gasteiger partial charge in [-0.3, -0.25) is 9.59 Å². The molecule has 0 unspecified atom stereocenters. The smallest absolute Gasteiger partial charge is 0.361 e. The number of carbonyl (C=O) groups is 2. The molecule has 2 N–H and O–H groups in total. The third-order valence-electron chi connectivity index (χ3n) is 5.50. The Kier molecular flexibility index (Phi) is 5.80. The van der Waals surface area contributed by atoms with Crippen LogP contribution >= 0.6 is 0 Å². The topological polar surface area (TPSA) is 79.8 Å². The quantitative estimate of drug-likeness (QED) is 0.332. The van der Waals surface area contributed by atoms with E-state index in [4.69, 9.17) is 0 Å². The molecule has 2 aromatic heterocycles. The number of amides is 1. The first-order valence-corrected chi connectivity index (χ1v) is 10.3. The number of nitrogens with one attached hydrogen (secondary N) is 2. The normalized spacial score (nSPS) is 11.7. The molecular weight excluding hydrogens is 433 g/mol. The van der Waals surface area contributed by atoms with Gasteiger partial charge in [-0.15, -0.1) is 0 Å². The summed E-state index contributed by atoms with van der Waals surface area (Å²) < 4.78 is 40.5. The first-order chi connectivity index (χ1) is 15.7. The maximum Gasteiger partial charge on any atom is 0.416 e. The lowest BCUT2D eigenvalue weighted by Gasteiger charge is -2.10. The molecule has 1 amide bonds. The monoisotopic (exact) mass is 454 g/mol.